The molecule has 0 fully saturated rings. The van der Waals surface area contributed by atoms with Crippen LogP contribution < -0.4 is 4.72 Å². The van der Waals surface area contributed by atoms with Crippen molar-refractivity contribution in [2.45, 2.75) is 11.8 Å². The predicted octanol–water partition coefficient (Wildman–Crippen LogP) is 1.83. The van der Waals surface area contributed by atoms with Gasteiger partial charge in [0.2, 0.25) is 0 Å². The van der Waals surface area contributed by atoms with Crippen molar-refractivity contribution >= 4 is 27.4 Å². The summed E-state index contributed by atoms with van der Waals surface area (Å²) in [5.41, 5.74) is 0. The quantitative estimate of drug-likeness (QED) is 0.863. The summed E-state index contributed by atoms with van der Waals surface area (Å²) in [4.78, 5) is 3.59. The SMILES string of the molecule is Cc1cc(NS(=O)(=O)c2cccnc2Cl)no1. The smallest absolute Gasteiger partial charge is 0.266 e. The molecular formula is C9H8ClN3O3S. The van der Waals surface area contributed by atoms with Gasteiger partial charge in [-0.2, -0.15) is 0 Å². The van der Waals surface area contributed by atoms with Crippen LogP contribution in [0.2, 0.25) is 5.15 Å². The van der Waals surface area contributed by atoms with Crippen molar-refractivity contribution in [1.82, 2.24) is 10.1 Å². The zero-order valence-corrected chi connectivity index (χ0v) is 10.3. The van der Waals surface area contributed by atoms with E-state index in [0.717, 1.165) is 0 Å². The molecule has 90 valence electrons. The Morgan fingerprint density at radius 1 is 1.47 bits per heavy atom. The standard InChI is InChI=1S/C9H8ClN3O3S/c1-6-5-8(12-16-6)13-17(14,15)7-3-2-4-11-9(7)10/h2-5H,1H3,(H,12,13). The Hall–Kier alpha value is -1.60. The number of aromatic nitrogens is 2. The molecule has 0 aliphatic rings. The first-order valence-electron chi connectivity index (χ1n) is 4.56. The summed E-state index contributed by atoms with van der Waals surface area (Å²) < 4.78 is 30.8. The topological polar surface area (TPSA) is 85.1 Å². The zero-order valence-electron chi connectivity index (χ0n) is 8.71. The number of aryl methyl sites for hydroxylation is 1. The summed E-state index contributed by atoms with van der Waals surface area (Å²) in [6, 6.07) is 4.29. The van der Waals surface area contributed by atoms with Crippen molar-refractivity contribution in [3.05, 3.63) is 35.3 Å². The van der Waals surface area contributed by atoms with E-state index in [1.165, 1.54) is 24.4 Å². The maximum atomic E-state index is 11.9. The maximum Gasteiger partial charge on any atom is 0.266 e. The normalized spacial score (nSPS) is 11.4. The highest BCUT2D eigenvalue weighted by molar-refractivity contribution is 7.92. The van der Waals surface area contributed by atoms with Crippen molar-refractivity contribution in [3.63, 3.8) is 0 Å². The molecule has 0 bridgehead atoms. The van der Waals surface area contributed by atoms with Crippen LogP contribution in [0.15, 0.2) is 33.8 Å². The van der Waals surface area contributed by atoms with Gasteiger partial charge >= 0.3 is 0 Å². The first kappa shape index (κ1) is 11.9. The Morgan fingerprint density at radius 2 is 2.24 bits per heavy atom. The van der Waals surface area contributed by atoms with E-state index in [0.29, 0.717) is 5.76 Å². The number of nitrogens with one attached hydrogen (secondary N) is 1. The first-order valence-corrected chi connectivity index (χ1v) is 6.42. The van der Waals surface area contributed by atoms with Gasteiger partial charge in [-0.1, -0.05) is 16.8 Å². The average molecular weight is 274 g/mol. The van der Waals surface area contributed by atoms with Crippen molar-refractivity contribution in [1.29, 1.82) is 0 Å². The Morgan fingerprint density at radius 3 is 2.82 bits per heavy atom. The predicted molar refractivity (Wildman–Crippen MR) is 61.3 cm³/mol. The van der Waals surface area contributed by atoms with E-state index in [9.17, 15) is 8.42 Å². The number of pyridine rings is 1. The molecular weight excluding hydrogens is 266 g/mol. The van der Waals surface area contributed by atoms with Gasteiger partial charge in [-0.05, 0) is 19.1 Å². The number of nitrogens with zero attached hydrogens (tertiary/aromatic N) is 2. The van der Waals surface area contributed by atoms with Crippen LogP contribution in [0.25, 0.3) is 0 Å². The fourth-order valence-corrected chi connectivity index (χ4v) is 2.62. The molecule has 6 nitrogen and oxygen atoms in total. The molecule has 0 aliphatic carbocycles. The lowest BCUT2D eigenvalue weighted by Gasteiger charge is -2.05. The van der Waals surface area contributed by atoms with Gasteiger partial charge in [0, 0.05) is 12.3 Å². The molecule has 2 rings (SSSR count). The number of anilines is 1. The Kier molecular flexibility index (Phi) is 3.03. The van der Waals surface area contributed by atoms with E-state index in [2.05, 4.69) is 14.9 Å². The van der Waals surface area contributed by atoms with Crippen LogP contribution in [0.5, 0.6) is 0 Å². The summed E-state index contributed by atoms with van der Waals surface area (Å²) >= 11 is 5.71. The van der Waals surface area contributed by atoms with Gasteiger partial charge in [0.05, 0.1) is 0 Å². The van der Waals surface area contributed by atoms with E-state index in [4.69, 9.17) is 16.1 Å². The first-order chi connectivity index (χ1) is 7.99. The maximum absolute atomic E-state index is 11.9. The van der Waals surface area contributed by atoms with Crippen LogP contribution in [0.4, 0.5) is 5.82 Å². The molecule has 0 aromatic carbocycles. The number of sulfonamides is 1. The fourth-order valence-electron chi connectivity index (χ4n) is 1.18. The second-order valence-electron chi connectivity index (χ2n) is 3.22. The van der Waals surface area contributed by atoms with Crippen LogP contribution in [-0.2, 0) is 10.0 Å². The van der Waals surface area contributed by atoms with Crippen molar-refractivity contribution in [2.24, 2.45) is 0 Å². The Balaban J connectivity index is 2.35. The molecule has 0 amide bonds. The van der Waals surface area contributed by atoms with Gasteiger partial charge in [-0.15, -0.1) is 0 Å². The van der Waals surface area contributed by atoms with Gasteiger partial charge in [-0.25, -0.2) is 13.4 Å². The molecule has 0 unspecified atom stereocenters. The average Bonchev–Trinajstić information content (AvgIpc) is 2.63. The minimum Gasteiger partial charge on any atom is -0.360 e. The number of hydrogen-bond acceptors (Lipinski definition) is 5. The van der Waals surface area contributed by atoms with Crippen LogP contribution in [0, 0.1) is 6.92 Å². The molecule has 1 N–H and O–H groups in total. The molecule has 0 saturated heterocycles. The molecule has 0 atom stereocenters. The summed E-state index contributed by atoms with van der Waals surface area (Å²) in [6.45, 7) is 1.65. The van der Waals surface area contributed by atoms with Crippen molar-refractivity contribution in [2.75, 3.05) is 4.72 Å². The van der Waals surface area contributed by atoms with E-state index in [-0.39, 0.29) is 15.9 Å². The molecule has 2 aromatic heterocycles. The molecule has 8 heteroatoms. The third-order valence-corrected chi connectivity index (χ3v) is 3.68. The van der Waals surface area contributed by atoms with E-state index in [1.807, 2.05) is 0 Å². The summed E-state index contributed by atoms with van der Waals surface area (Å²) in [5, 5.41) is 3.43. The highest BCUT2D eigenvalue weighted by Gasteiger charge is 2.19. The summed E-state index contributed by atoms with van der Waals surface area (Å²) in [6.07, 6.45) is 1.40. The lowest BCUT2D eigenvalue weighted by molar-refractivity contribution is 0.400. The van der Waals surface area contributed by atoms with Crippen LogP contribution in [0.3, 0.4) is 0 Å². The lowest BCUT2D eigenvalue weighted by Crippen LogP contribution is -2.14. The number of rotatable bonds is 3. The third-order valence-electron chi connectivity index (χ3n) is 1.88. The van der Waals surface area contributed by atoms with Crippen molar-refractivity contribution in [3.8, 4) is 0 Å². The highest BCUT2D eigenvalue weighted by Crippen LogP contribution is 2.20. The molecule has 0 spiro atoms. The number of halogens is 1. The van der Waals surface area contributed by atoms with E-state index >= 15 is 0 Å². The second kappa shape index (κ2) is 4.34. The zero-order chi connectivity index (χ0) is 12.5. The van der Waals surface area contributed by atoms with E-state index in [1.54, 1.807) is 6.92 Å². The van der Waals surface area contributed by atoms with Crippen LogP contribution >= 0.6 is 11.6 Å². The molecule has 0 radical (unpaired) electrons. The lowest BCUT2D eigenvalue weighted by atomic mass is 10.5. The fraction of sp³-hybridized carbons (Fsp3) is 0.111. The molecule has 0 aliphatic heterocycles. The van der Waals surface area contributed by atoms with Crippen LogP contribution in [0.1, 0.15) is 5.76 Å². The Bertz CT molecular complexity index is 638. The van der Waals surface area contributed by atoms with Gasteiger partial charge in [0.1, 0.15) is 15.8 Å². The molecule has 17 heavy (non-hydrogen) atoms. The second-order valence-corrected chi connectivity index (χ2v) is 5.23. The van der Waals surface area contributed by atoms with Gasteiger partial charge < -0.3 is 4.52 Å². The minimum absolute atomic E-state index is 0.0970. The monoisotopic (exact) mass is 273 g/mol. The van der Waals surface area contributed by atoms with Gasteiger partial charge in [-0.3, -0.25) is 4.72 Å². The minimum atomic E-state index is -3.80. The largest absolute Gasteiger partial charge is 0.360 e. The third kappa shape index (κ3) is 2.56. The summed E-state index contributed by atoms with van der Waals surface area (Å²) in [5.74, 6) is 0.599. The molecule has 0 saturated carbocycles. The van der Waals surface area contributed by atoms with Crippen molar-refractivity contribution < 1.29 is 12.9 Å². The van der Waals surface area contributed by atoms with Gasteiger partial charge in [0.25, 0.3) is 10.0 Å². The van der Waals surface area contributed by atoms with Crippen LogP contribution in [-0.4, -0.2) is 18.6 Å². The van der Waals surface area contributed by atoms with E-state index < -0.39 is 10.0 Å². The molecule has 2 aromatic rings. The van der Waals surface area contributed by atoms with Gasteiger partial charge in [0.15, 0.2) is 5.82 Å². The summed E-state index contributed by atoms with van der Waals surface area (Å²) in [7, 11) is -3.80. The molecule has 2 heterocycles. The highest BCUT2D eigenvalue weighted by atomic mass is 35.5. The Labute approximate surface area is 103 Å². The number of hydrogen-bond donors (Lipinski definition) is 1.